The van der Waals surface area contributed by atoms with E-state index in [9.17, 15) is 17.6 Å². The number of aliphatic carboxylic acids is 1. The van der Waals surface area contributed by atoms with Crippen molar-refractivity contribution in [2.24, 2.45) is 5.41 Å². The van der Waals surface area contributed by atoms with Gasteiger partial charge in [-0.3, -0.25) is 4.79 Å². The lowest BCUT2D eigenvalue weighted by Crippen LogP contribution is -2.43. The molecule has 1 fully saturated rings. The van der Waals surface area contributed by atoms with E-state index in [-0.39, 0.29) is 22.9 Å². The molecule has 0 unspecified atom stereocenters. The number of hydrogen-bond donors (Lipinski definition) is 2. The molecule has 0 heterocycles. The molecule has 21 heavy (non-hydrogen) atoms. The molecule has 116 valence electrons. The molecule has 1 aliphatic rings. The number of carbonyl (C=O) groups is 1. The fraction of sp³-hybridized carbons (Fsp3) is 0.462. The van der Waals surface area contributed by atoms with Crippen LogP contribution in [0.25, 0.3) is 0 Å². The Morgan fingerprint density at radius 3 is 2.62 bits per heavy atom. The van der Waals surface area contributed by atoms with Crippen molar-refractivity contribution in [2.75, 3.05) is 6.54 Å². The summed E-state index contributed by atoms with van der Waals surface area (Å²) in [6.45, 7) is 0.00841. The van der Waals surface area contributed by atoms with Crippen LogP contribution in [0.2, 0.25) is 5.02 Å². The van der Waals surface area contributed by atoms with Crippen LogP contribution in [0.15, 0.2) is 23.1 Å². The van der Waals surface area contributed by atoms with E-state index in [1.807, 2.05) is 0 Å². The zero-order chi connectivity index (χ0) is 15.7. The summed E-state index contributed by atoms with van der Waals surface area (Å²) in [7, 11) is -3.97. The Morgan fingerprint density at radius 1 is 1.43 bits per heavy atom. The Labute approximate surface area is 127 Å². The molecular weight excluding hydrogens is 321 g/mol. The first-order chi connectivity index (χ1) is 9.74. The second-order valence-electron chi connectivity index (χ2n) is 5.32. The SMILES string of the molecule is O=C(O)CC1(CNS(=O)(=O)c2cc(F)ccc2Cl)CCC1. The molecule has 0 radical (unpaired) electrons. The average Bonchev–Trinajstić information content (AvgIpc) is 2.35. The van der Waals surface area contributed by atoms with E-state index in [4.69, 9.17) is 16.7 Å². The van der Waals surface area contributed by atoms with Gasteiger partial charge in [0.25, 0.3) is 0 Å². The van der Waals surface area contributed by atoms with Crippen LogP contribution in [0, 0.1) is 11.2 Å². The average molecular weight is 336 g/mol. The smallest absolute Gasteiger partial charge is 0.303 e. The zero-order valence-electron chi connectivity index (χ0n) is 11.1. The Kier molecular flexibility index (Phi) is 4.55. The largest absolute Gasteiger partial charge is 0.481 e. The second kappa shape index (κ2) is 5.90. The third kappa shape index (κ3) is 3.72. The maximum atomic E-state index is 13.2. The van der Waals surface area contributed by atoms with Crippen LogP contribution < -0.4 is 4.72 Å². The molecule has 0 bridgehead atoms. The van der Waals surface area contributed by atoms with Gasteiger partial charge in [0.1, 0.15) is 10.7 Å². The zero-order valence-corrected chi connectivity index (χ0v) is 12.7. The number of nitrogens with one attached hydrogen (secondary N) is 1. The number of halogens is 2. The Hall–Kier alpha value is -1.18. The molecule has 0 amide bonds. The van der Waals surface area contributed by atoms with E-state index in [1.54, 1.807) is 0 Å². The van der Waals surface area contributed by atoms with Crippen LogP contribution in [-0.2, 0) is 14.8 Å². The predicted octanol–water partition coefficient (Wildman–Crippen LogP) is 2.40. The maximum Gasteiger partial charge on any atom is 0.303 e. The third-order valence-electron chi connectivity index (χ3n) is 3.76. The van der Waals surface area contributed by atoms with E-state index in [1.165, 1.54) is 6.07 Å². The van der Waals surface area contributed by atoms with Gasteiger partial charge in [0, 0.05) is 6.54 Å². The van der Waals surface area contributed by atoms with Gasteiger partial charge in [0.15, 0.2) is 0 Å². The van der Waals surface area contributed by atoms with Crippen molar-refractivity contribution in [1.29, 1.82) is 0 Å². The normalized spacial score (nSPS) is 17.2. The van der Waals surface area contributed by atoms with Gasteiger partial charge in [0.2, 0.25) is 10.0 Å². The molecule has 1 aliphatic carbocycles. The fourth-order valence-electron chi connectivity index (χ4n) is 2.42. The summed E-state index contributed by atoms with van der Waals surface area (Å²) in [5.41, 5.74) is -0.557. The summed E-state index contributed by atoms with van der Waals surface area (Å²) in [5.74, 6) is -1.67. The lowest BCUT2D eigenvalue weighted by molar-refractivity contribution is -0.141. The minimum Gasteiger partial charge on any atom is -0.481 e. The van der Waals surface area contributed by atoms with Crippen molar-refractivity contribution >= 4 is 27.6 Å². The summed E-state index contributed by atoms with van der Waals surface area (Å²) in [5, 5.41) is 8.81. The van der Waals surface area contributed by atoms with Crippen molar-refractivity contribution in [1.82, 2.24) is 4.72 Å². The van der Waals surface area contributed by atoms with Gasteiger partial charge in [-0.1, -0.05) is 18.0 Å². The summed E-state index contributed by atoms with van der Waals surface area (Å²) in [6, 6.07) is 3.08. The minimum absolute atomic E-state index is 0.00841. The predicted molar refractivity (Wildman–Crippen MR) is 75.1 cm³/mol. The number of hydrogen-bond acceptors (Lipinski definition) is 3. The monoisotopic (exact) mass is 335 g/mol. The molecule has 0 aromatic heterocycles. The first-order valence-corrected chi connectivity index (χ1v) is 8.27. The lowest BCUT2D eigenvalue weighted by Gasteiger charge is -2.40. The molecule has 8 heteroatoms. The van der Waals surface area contributed by atoms with Gasteiger partial charge in [0.05, 0.1) is 11.4 Å². The van der Waals surface area contributed by atoms with Crippen LogP contribution in [-0.4, -0.2) is 26.0 Å². The number of benzene rings is 1. The van der Waals surface area contributed by atoms with Crippen molar-refractivity contribution in [3.8, 4) is 0 Å². The molecule has 0 atom stereocenters. The highest BCUT2D eigenvalue weighted by Gasteiger charge is 2.40. The van der Waals surface area contributed by atoms with Gasteiger partial charge in [-0.05, 0) is 36.5 Å². The van der Waals surface area contributed by atoms with E-state index in [0.717, 1.165) is 18.6 Å². The van der Waals surface area contributed by atoms with E-state index < -0.39 is 27.2 Å². The lowest BCUT2D eigenvalue weighted by atomic mass is 9.67. The van der Waals surface area contributed by atoms with Gasteiger partial charge in [-0.2, -0.15) is 0 Å². The Morgan fingerprint density at radius 2 is 2.10 bits per heavy atom. The van der Waals surface area contributed by atoms with Crippen LogP contribution in [0.4, 0.5) is 4.39 Å². The number of rotatable bonds is 6. The second-order valence-corrected chi connectivity index (χ2v) is 7.47. The molecule has 1 aromatic carbocycles. The fourth-order valence-corrected chi connectivity index (χ4v) is 4.09. The molecule has 1 aromatic rings. The van der Waals surface area contributed by atoms with Crippen LogP contribution in [0.3, 0.4) is 0 Å². The standard InChI is InChI=1S/C13H15ClFNO4S/c14-10-3-2-9(15)6-11(10)21(19,20)16-8-13(4-1-5-13)7-12(17)18/h2-3,6,16H,1,4-5,7-8H2,(H,17,18). The van der Waals surface area contributed by atoms with E-state index in [2.05, 4.69) is 4.72 Å². The molecule has 0 aliphatic heterocycles. The molecular formula is C13H15ClFNO4S. The highest BCUT2D eigenvalue weighted by Crippen LogP contribution is 2.43. The molecule has 2 N–H and O–H groups in total. The molecule has 0 spiro atoms. The van der Waals surface area contributed by atoms with Crippen LogP contribution >= 0.6 is 11.6 Å². The molecule has 0 saturated heterocycles. The van der Waals surface area contributed by atoms with Crippen LogP contribution in [0.5, 0.6) is 0 Å². The minimum atomic E-state index is -3.97. The van der Waals surface area contributed by atoms with Crippen molar-refractivity contribution in [3.63, 3.8) is 0 Å². The van der Waals surface area contributed by atoms with Crippen LogP contribution in [0.1, 0.15) is 25.7 Å². The highest BCUT2D eigenvalue weighted by atomic mass is 35.5. The number of carboxylic acids is 1. The quantitative estimate of drug-likeness (QED) is 0.836. The number of sulfonamides is 1. The van der Waals surface area contributed by atoms with E-state index in [0.29, 0.717) is 12.8 Å². The van der Waals surface area contributed by atoms with Crippen molar-refractivity contribution in [3.05, 3.63) is 29.0 Å². The van der Waals surface area contributed by atoms with E-state index >= 15 is 0 Å². The summed E-state index contributed by atoms with van der Waals surface area (Å²) in [6.07, 6.45) is 2.08. The van der Waals surface area contributed by atoms with Gasteiger partial charge >= 0.3 is 5.97 Å². The first kappa shape index (κ1) is 16.2. The first-order valence-electron chi connectivity index (χ1n) is 6.41. The molecule has 1 saturated carbocycles. The summed E-state index contributed by atoms with van der Waals surface area (Å²) in [4.78, 5) is 10.5. The molecule has 5 nitrogen and oxygen atoms in total. The Balaban J connectivity index is 2.14. The van der Waals surface area contributed by atoms with Gasteiger partial charge < -0.3 is 5.11 Å². The highest BCUT2D eigenvalue weighted by molar-refractivity contribution is 7.89. The van der Waals surface area contributed by atoms with Crippen molar-refractivity contribution < 1.29 is 22.7 Å². The summed E-state index contributed by atoms with van der Waals surface area (Å²) >= 11 is 5.78. The summed E-state index contributed by atoms with van der Waals surface area (Å²) < 4.78 is 39.9. The maximum absolute atomic E-state index is 13.2. The third-order valence-corrected chi connectivity index (χ3v) is 5.64. The van der Waals surface area contributed by atoms with Crippen molar-refractivity contribution in [2.45, 2.75) is 30.6 Å². The number of carboxylic acid groups (broad SMARTS) is 1. The van der Waals surface area contributed by atoms with Gasteiger partial charge in [-0.25, -0.2) is 17.5 Å². The van der Waals surface area contributed by atoms with Gasteiger partial charge in [-0.15, -0.1) is 0 Å². The topological polar surface area (TPSA) is 83.5 Å². The molecule has 2 rings (SSSR count). The Bertz CT molecular complexity index is 658.